The number of rotatable bonds is 9. The summed E-state index contributed by atoms with van der Waals surface area (Å²) in [6, 6.07) is 9.27. The molecule has 196 valence electrons. The second kappa shape index (κ2) is 12.1. The number of nitrogens with two attached hydrogens (primary N) is 5. The number of aromatic amines is 1. The number of nitrogens with one attached hydrogen (secondary N) is 2. The maximum atomic E-state index is 13.8. The molecular weight excluding hydrogens is 522 g/mol. The molecule has 1 fully saturated rings. The first-order chi connectivity index (χ1) is 16.9. The summed E-state index contributed by atoms with van der Waals surface area (Å²) in [5, 5.41) is 4.02. The fourth-order valence-corrected chi connectivity index (χ4v) is 6.22. The SMILES string of the molecule is CN(SON)c1c(S(=O)N2CCC(CN)C2)ccc(-c2cccc3[nH]c(N)nc23)c1/C(N)=N/NN.S. The molecule has 0 amide bonds. The minimum absolute atomic E-state index is 0. The number of hydrogen-bond donors (Lipinski definition) is 7. The van der Waals surface area contributed by atoms with Crippen molar-refractivity contribution in [2.75, 3.05) is 36.7 Å². The molecule has 1 saturated heterocycles. The third-order valence-electron chi connectivity index (χ3n) is 5.88. The van der Waals surface area contributed by atoms with Gasteiger partial charge in [0.15, 0.2) is 11.8 Å². The average Bonchev–Trinajstić information content (AvgIpc) is 3.48. The predicted octanol–water partition coefficient (Wildman–Crippen LogP) is 0.201. The number of nitrogens with zero attached hydrogens (tertiary/aromatic N) is 4. The van der Waals surface area contributed by atoms with Crippen LogP contribution in [0.1, 0.15) is 12.0 Å². The van der Waals surface area contributed by atoms with Crippen LogP contribution in [0.2, 0.25) is 0 Å². The van der Waals surface area contributed by atoms with Gasteiger partial charge in [-0.2, -0.15) is 13.5 Å². The molecular formula is C20H31N11O2S3. The van der Waals surface area contributed by atoms with Gasteiger partial charge in [0.1, 0.15) is 23.2 Å². The minimum atomic E-state index is -1.51. The number of imidazole rings is 1. The molecule has 36 heavy (non-hydrogen) atoms. The van der Waals surface area contributed by atoms with Crippen LogP contribution < -0.4 is 38.8 Å². The summed E-state index contributed by atoms with van der Waals surface area (Å²) in [6.07, 6.45) is 0.877. The van der Waals surface area contributed by atoms with Crippen LogP contribution in [0.5, 0.6) is 0 Å². The average molecular weight is 554 g/mol. The van der Waals surface area contributed by atoms with E-state index in [0.29, 0.717) is 46.9 Å². The molecule has 4 rings (SSSR count). The first-order valence-electron chi connectivity index (χ1n) is 10.7. The molecule has 16 heteroatoms. The van der Waals surface area contributed by atoms with Gasteiger partial charge >= 0.3 is 0 Å². The second-order valence-corrected chi connectivity index (χ2v) is 10.3. The Morgan fingerprint density at radius 1 is 1.39 bits per heavy atom. The van der Waals surface area contributed by atoms with Crippen molar-refractivity contribution in [1.29, 1.82) is 0 Å². The van der Waals surface area contributed by atoms with Crippen molar-refractivity contribution in [1.82, 2.24) is 19.8 Å². The van der Waals surface area contributed by atoms with Gasteiger partial charge in [-0.15, -0.1) is 5.10 Å². The van der Waals surface area contributed by atoms with Crippen molar-refractivity contribution >= 4 is 65.2 Å². The van der Waals surface area contributed by atoms with E-state index >= 15 is 0 Å². The van der Waals surface area contributed by atoms with Gasteiger partial charge in [0.2, 0.25) is 0 Å². The van der Waals surface area contributed by atoms with Gasteiger partial charge in [0.25, 0.3) is 0 Å². The molecule has 2 unspecified atom stereocenters. The zero-order chi connectivity index (χ0) is 25.1. The van der Waals surface area contributed by atoms with Gasteiger partial charge < -0.3 is 22.2 Å². The summed E-state index contributed by atoms with van der Waals surface area (Å²) in [6.45, 7) is 1.83. The molecule has 3 aromatic rings. The van der Waals surface area contributed by atoms with Crippen LogP contribution in [0, 0.1) is 5.92 Å². The number of aromatic nitrogens is 2. The van der Waals surface area contributed by atoms with Crippen molar-refractivity contribution in [3.63, 3.8) is 0 Å². The Hall–Kier alpha value is -2.57. The lowest BCUT2D eigenvalue weighted by Crippen LogP contribution is -2.29. The number of fused-ring (bicyclic) bond motifs is 1. The largest absolute Gasteiger partial charge is 0.382 e. The third-order valence-corrected chi connectivity index (χ3v) is 7.88. The highest BCUT2D eigenvalue weighted by molar-refractivity contribution is 7.96. The molecule has 2 atom stereocenters. The van der Waals surface area contributed by atoms with E-state index in [-0.39, 0.29) is 31.2 Å². The highest BCUT2D eigenvalue weighted by Gasteiger charge is 2.31. The van der Waals surface area contributed by atoms with Crippen LogP contribution in [0.25, 0.3) is 22.2 Å². The van der Waals surface area contributed by atoms with E-state index in [2.05, 4.69) is 20.6 Å². The second-order valence-electron chi connectivity index (χ2n) is 7.98. The first-order valence-corrected chi connectivity index (χ1v) is 12.5. The molecule has 1 aliphatic heterocycles. The lowest BCUT2D eigenvalue weighted by atomic mass is 9.96. The van der Waals surface area contributed by atoms with Crippen molar-refractivity contribution < 1.29 is 8.49 Å². The minimum Gasteiger partial charge on any atom is -0.382 e. The first kappa shape index (κ1) is 28.0. The number of H-pyrrole nitrogens is 1. The normalized spacial score (nSPS) is 17.2. The van der Waals surface area contributed by atoms with Crippen molar-refractivity contribution in [3.8, 4) is 11.1 Å². The summed E-state index contributed by atoms with van der Waals surface area (Å²) < 4.78 is 22.1. The summed E-state index contributed by atoms with van der Waals surface area (Å²) in [5.41, 5.74) is 24.2. The molecule has 0 radical (unpaired) electrons. The maximum Gasteiger partial charge on any atom is 0.198 e. The molecule has 13 nitrogen and oxygen atoms in total. The molecule has 0 spiro atoms. The monoisotopic (exact) mass is 553 g/mol. The van der Waals surface area contributed by atoms with Gasteiger partial charge in [-0.3, -0.25) is 4.31 Å². The number of anilines is 2. The molecule has 1 aliphatic rings. The third kappa shape index (κ3) is 5.40. The van der Waals surface area contributed by atoms with Gasteiger partial charge in [-0.05, 0) is 36.6 Å². The lowest BCUT2D eigenvalue weighted by molar-refractivity contribution is 0.397. The van der Waals surface area contributed by atoms with Crippen molar-refractivity contribution in [2.45, 2.75) is 11.3 Å². The number of amidine groups is 1. The molecule has 0 bridgehead atoms. The zero-order valence-corrected chi connectivity index (χ0v) is 22.2. The Labute approximate surface area is 222 Å². The van der Waals surface area contributed by atoms with E-state index in [1.807, 2.05) is 28.6 Å². The Bertz CT molecular complexity index is 1270. The van der Waals surface area contributed by atoms with Gasteiger partial charge in [0.05, 0.1) is 27.2 Å². The fraction of sp³-hybridized carbons (Fsp3) is 0.300. The van der Waals surface area contributed by atoms with E-state index < -0.39 is 11.0 Å². The lowest BCUT2D eigenvalue weighted by Gasteiger charge is -2.26. The van der Waals surface area contributed by atoms with Crippen LogP contribution >= 0.6 is 25.7 Å². The van der Waals surface area contributed by atoms with Gasteiger partial charge in [-0.25, -0.2) is 35.1 Å². The molecule has 0 aliphatic carbocycles. The number of nitrogen functional groups attached to an aromatic ring is 1. The summed E-state index contributed by atoms with van der Waals surface area (Å²) >= 11 is 0.859. The molecule has 12 N–H and O–H groups in total. The van der Waals surface area contributed by atoms with Crippen LogP contribution in [0.4, 0.5) is 11.6 Å². The van der Waals surface area contributed by atoms with Crippen molar-refractivity contribution in [3.05, 3.63) is 35.9 Å². The Morgan fingerprint density at radius 2 is 2.17 bits per heavy atom. The Morgan fingerprint density at radius 3 is 2.83 bits per heavy atom. The Kier molecular flexibility index (Phi) is 9.42. The highest BCUT2D eigenvalue weighted by Crippen LogP contribution is 2.41. The highest BCUT2D eigenvalue weighted by atomic mass is 32.2. The predicted molar refractivity (Wildman–Crippen MR) is 151 cm³/mol. The van der Waals surface area contributed by atoms with E-state index in [1.165, 1.54) is 0 Å². The van der Waals surface area contributed by atoms with E-state index in [4.69, 9.17) is 33.2 Å². The summed E-state index contributed by atoms with van der Waals surface area (Å²) in [4.78, 5) is 7.99. The quantitative estimate of drug-likeness (QED) is 0.0474. The van der Waals surface area contributed by atoms with Crippen LogP contribution in [-0.4, -0.2) is 51.0 Å². The van der Waals surface area contributed by atoms with Crippen LogP contribution in [0.3, 0.4) is 0 Å². The molecule has 2 heterocycles. The molecule has 2 aromatic carbocycles. The number of hydrazone groups is 1. The number of hydrazine groups is 1. The van der Waals surface area contributed by atoms with E-state index in [0.717, 1.165) is 29.7 Å². The standard InChI is InChI=1S/C20H29N11O2S2.H2S/c1-30(34-33-25)18-15(35(32)31-8-7-11(9-21)10-31)6-5-12(16(18)19(22)28-29-24)13-3-2-4-14-17(13)27-20(23)26-14;/h2-6,11,29H,7-10,21,24-25H2,1H3,(H2,22,28)(H3,23,26,27);1H2. The van der Waals surface area contributed by atoms with Gasteiger partial charge in [-0.1, -0.05) is 18.2 Å². The maximum absolute atomic E-state index is 13.8. The van der Waals surface area contributed by atoms with E-state index in [1.54, 1.807) is 17.4 Å². The van der Waals surface area contributed by atoms with Crippen LogP contribution in [-0.2, 0) is 15.3 Å². The topological polar surface area (TPSA) is 216 Å². The summed E-state index contributed by atoms with van der Waals surface area (Å²) in [5.74, 6) is 11.5. The molecule has 1 aromatic heterocycles. The smallest absolute Gasteiger partial charge is 0.198 e. The van der Waals surface area contributed by atoms with Gasteiger partial charge in [0, 0.05) is 25.7 Å². The fourth-order valence-electron chi connectivity index (χ4n) is 4.28. The zero-order valence-electron chi connectivity index (χ0n) is 19.6. The van der Waals surface area contributed by atoms with Crippen molar-refractivity contribution in [2.24, 2.45) is 34.2 Å². The summed E-state index contributed by atoms with van der Waals surface area (Å²) in [7, 11) is 0.213. The number of benzene rings is 2. The molecule has 0 saturated carbocycles. The Balaban J connectivity index is 0.00000361. The number of hydrogen-bond acceptors (Lipinski definition) is 11. The number of para-hydroxylation sites is 1. The van der Waals surface area contributed by atoms with E-state index in [9.17, 15) is 4.21 Å². The van der Waals surface area contributed by atoms with Crippen LogP contribution in [0.15, 0.2) is 40.3 Å².